The van der Waals surface area contributed by atoms with Crippen LogP contribution in [-0.2, 0) is 0 Å². The predicted octanol–water partition coefficient (Wildman–Crippen LogP) is 2.48. The number of hydrogen-bond donors (Lipinski definition) is 0. The van der Waals surface area contributed by atoms with Crippen LogP contribution in [0.15, 0.2) is 12.2 Å². The fraction of sp³-hybridized carbons (Fsp3) is 0.900. The summed E-state index contributed by atoms with van der Waals surface area (Å²) >= 11 is 0. The van der Waals surface area contributed by atoms with Crippen molar-refractivity contribution in [3.05, 3.63) is 12.2 Å². The van der Waals surface area contributed by atoms with Gasteiger partial charge in [0.1, 0.15) is 0 Å². The van der Waals surface area contributed by atoms with E-state index in [0.717, 1.165) is 6.04 Å². The van der Waals surface area contributed by atoms with Crippen molar-refractivity contribution < 1.29 is 0 Å². The third-order valence-corrected chi connectivity index (χ3v) is 6.08. The molecule has 0 aromatic carbocycles. The molecule has 3 aliphatic heterocycles. The summed E-state index contributed by atoms with van der Waals surface area (Å²) < 4.78 is 0. The Morgan fingerprint density at radius 2 is 1.54 bits per heavy atom. The minimum Gasteiger partial charge on any atom is -0.301 e. The quantitative estimate of drug-likeness (QED) is 0.632. The Bertz CT molecular complexity index is 384. The second-order valence-electron chi connectivity index (χ2n) is 8.03. The lowest BCUT2D eigenvalue weighted by Gasteiger charge is -2.33. The van der Waals surface area contributed by atoms with Gasteiger partial charge < -0.3 is 4.90 Å². The van der Waals surface area contributed by atoms with Crippen molar-refractivity contribution in [1.82, 2.24) is 19.6 Å². The van der Waals surface area contributed by atoms with E-state index >= 15 is 0 Å². The van der Waals surface area contributed by atoms with Crippen LogP contribution >= 0.6 is 0 Å². The van der Waals surface area contributed by atoms with Crippen molar-refractivity contribution in [2.45, 2.75) is 51.5 Å². The lowest BCUT2D eigenvalue weighted by Crippen LogP contribution is -2.39. The molecule has 0 aromatic heterocycles. The van der Waals surface area contributed by atoms with E-state index in [9.17, 15) is 0 Å². The van der Waals surface area contributed by atoms with Gasteiger partial charge in [-0.2, -0.15) is 0 Å². The molecule has 138 valence electrons. The Hall–Kier alpha value is -0.420. The first-order valence-electron chi connectivity index (χ1n) is 10.4. The molecule has 1 atom stereocenters. The molecule has 3 rings (SSSR count). The van der Waals surface area contributed by atoms with E-state index in [0.29, 0.717) is 0 Å². The molecular weight excluding hydrogens is 296 g/mol. The molecule has 0 amide bonds. The van der Waals surface area contributed by atoms with Crippen LogP contribution in [0, 0.1) is 0 Å². The van der Waals surface area contributed by atoms with E-state index in [2.05, 4.69) is 38.7 Å². The first-order valence-corrected chi connectivity index (χ1v) is 10.4. The first kappa shape index (κ1) is 18.4. The summed E-state index contributed by atoms with van der Waals surface area (Å²) in [7, 11) is 0. The Balaban J connectivity index is 1.23. The van der Waals surface area contributed by atoms with Gasteiger partial charge in [-0.05, 0) is 58.7 Å². The summed E-state index contributed by atoms with van der Waals surface area (Å²) in [6.07, 6.45) is 12.8. The zero-order valence-electron chi connectivity index (χ0n) is 15.8. The third-order valence-electron chi connectivity index (χ3n) is 6.08. The second kappa shape index (κ2) is 9.91. The summed E-state index contributed by atoms with van der Waals surface area (Å²) in [5.74, 6) is 0. The Morgan fingerprint density at radius 3 is 2.25 bits per heavy atom. The highest BCUT2D eigenvalue weighted by molar-refractivity contribution is 4.90. The van der Waals surface area contributed by atoms with Crippen LogP contribution in [0.25, 0.3) is 0 Å². The summed E-state index contributed by atoms with van der Waals surface area (Å²) in [6, 6.07) is 0.818. The zero-order valence-corrected chi connectivity index (χ0v) is 15.8. The molecule has 1 unspecified atom stereocenters. The Kier molecular flexibility index (Phi) is 7.58. The highest BCUT2D eigenvalue weighted by atomic mass is 15.4. The third kappa shape index (κ3) is 5.83. The number of piperidine rings is 1. The molecule has 0 N–H and O–H groups in total. The van der Waals surface area contributed by atoms with E-state index in [4.69, 9.17) is 0 Å². The minimum absolute atomic E-state index is 0.818. The fourth-order valence-electron chi connectivity index (χ4n) is 4.47. The van der Waals surface area contributed by atoms with Gasteiger partial charge in [-0.25, -0.2) is 0 Å². The molecule has 0 aromatic rings. The Labute approximate surface area is 149 Å². The van der Waals surface area contributed by atoms with E-state index in [1.165, 1.54) is 104 Å². The maximum atomic E-state index is 2.71. The van der Waals surface area contributed by atoms with E-state index in [1.807, 2.05) is 0 Å². The van der Waals surface area contributed by atoms with E-state index in [1.54, 1.807) is 0 Å². The topological polar surface area (TPSA) is 13.0 Å². The Morgan fingerprint density at radius 1 is 0.792 bits per heavy atom. The van der Waals surface area contributed by atoms with Crippen molar-refractivity contribution >= 4 is 0 Å². The molecule has 24 heavy (non-hydrogen) atoms. The molecule has 3 aliphatic rings. The summed E-state index contributed by atoms with van der Waals surface area (Å²) in [6.45, 7) is 15.1. The number of likely N-dealkylation sites (tertiary alicyclic amines) is 1. The smallest absolute Gasteiger partial charge is 0.0507 e. The van der Waals surface area contributed by atoms with Crippen LogP contribution < -0.4 is 0 Å². The molecule has 2 fully saturated rings. The predicted molar refractivity (Wildman–Crippen MR) is 102 cm³/mol. The largest absolute Gasteiger partial charge is 0.301 e. The van der Waals surface area contributed by atoms with Gasteiger partial charge in [-0.1, -0.05) is 18.6 Å². The SMILES string of the molecule is CC1CCCCN1CCCN1CCN(CCCN2CC=CCC2)C1. The first-order chi connectivity index (χ1) is 11.8. The molecular formula is C20H38N4. The number of rotatable bonds is 8. The molecule has 4 nitrogen and oxygen atoms in total. The molecule has 0 radical (unpaired) electrons. The average Bonchev–Trinajstić information content (AvgIpc) is 3.05. The monoisotopic (exact) mass is 334 g/mol. The van der Waals surface area contributed by atoms with Gasteiger partial charge in [0.15, 0.2) is 0 Å². The minimum atomic E-state index is 0.818. The van der Waals surface area contributed by atoms with Crippen LogP contribution in [0.2, 0.25) is 0 Å². The van der Waals surface area contributed by atoms with E-state index < -0.39 is 0 Å². The lowest BCUT2D eigenvalue weighted by molar-refractivity contribution is 0.149. The van der Waals surface area contributed by atoms with Crippen molar-refractivity contribution in [2.75, 3.05) is 65.6 Å². The molecule has 2 saturated heterocycles. The molecule has 4 heteroatoms. The summed E-state index contributed by atoms with van der Waals surface area (Å²) in [5, 5.41) is 0. The van der Waals surface area contributed by atoms with Crippen LogP contribution in [0.3, 0.4) is 0 Å². The van der Waals surface area contributed by atoms with Gasteiger partial charge in [0.05, 0.1) is 6.67 Å². The molecule has 0 spiro atoms. The van der Waals surface area contributed by atoms with Crippen LogP contribution in [0.5, 0.6) is 0 Å². The summed E-state index contributed by atoms with van der Waals surface area (Å²) in [4.78, 5) is 10.6. The van der Waals surface area contributed by atoms with Crippen LogP contribution in [0.1, 0.15) is 45.4 Å². The number of nitrogens with zero attached hydrogens (tertiary/aromatic N) is 4. The maximum absolute atomic E-state index is 2.71. The van der Waals surface area contributed by atoms with Crippen LogP contribution in [-0.4, -0.2) is 91.2 Å². The molecule has 0 bridgehead atoms. The summed E-state index contributed by atoms with van der Waals surface area (Å²) in [5.41, 5.74) is 0. The van der Waals surface area contributed by atoms with Gasteiger partial charge >= 0.3 is 0 Å². The van der Waals surface area contributed by atoms with Gasteiger partial charge in [-0.15, -0.1) is 0 Å². The molecule has 3 heterocycles. The molecule has 0 aliphatic carbocycles. The van der Waals surface area contributed by atoms with Crippen molar-refractivity contribution in [1.29, 1.82) is 0 Å². The van der Waals surface area contributed by atoms with Gasteiger partial charge in [0, 0.05) is 45.3 Å². The highest BCUT2D eigenvalue weighted by Crippen LogP contribution is 2.16. The van der Waals surface area contributed by atoms with Crippen molar-refractivity contribution in [2.24, 2.45) is 0 Å². The standard InChI is InChI=1S/C20H38N4/c1-20-9-3-6-15-24(20)16-8-14-23-18-17-22(19-23)13-7-12-21-10-4-2-5-11-21/h2,4,20H,3,5-19H2,1H3. The highest BCUT2D eigenvalue weighted by Gasteiger charge is 2.21. The van der Waals surface area contributed by atoms with Crippen LogP contribution in [0.4, 0.5) is 0 Å². The van der Waals surface area contributed by atoms with E-state index in [-0.39, 0.29) is 0 Å². The molecule has 0 saturated carbocycles. The van der Waals surface area contributed by atoms with Crippen molar-refractivity contribution in [3.8, 4) is 0 Å². The fourth-order valence-corrected chi connectivity index (χ4v) is 4.47. The zero-order chi connectivity index (χ0) is 16.6. The average molecular weight is 335 g/mol. The lowest BCUT2D eigenvalue weighted by atomic mass is 10.0. The second-order valence-corrected chi connectivity index (χ2v) is 8.03. The maximum Gasteiger partial charge on any atom is 0.0507 e. The number of hydrogen-bond acceptors (Lipinski definition) is 4. The van der Waals surface area contributed by atoms with Crippen molar-refractivity contribution in [3.63, 3.8) is 0 Å². The van der Waals surface area contributed by atoms with Gasteiger partial charge in [-0.3, -0.25) is 14.7 Å². The normalized spacial score (nSPS) is 28.0. The van der Waals surface area contributed by atoms with Gasteiger partial charge in [0.25, 0.3) is 0 Å². The van der Waals surface area contributed by atoms with Gasteiger partial charge in [0.2, 0.25) is 0 Å².